The monoisotopic (exact) mass is 280 g/mol. The Kier molecular flexibility index (Phi) is 3.98. The molecule has 1 aliphatic rings. The average Bonchev–Trinajstić information content (AvgIpc) is 2.71. The Balaban J connectivity index is 1.96. The van der Waals surface area contributed by atoms with Crippen LogP contribution in [0.25, 0.3) is 0 Å². The second-order valence-electron chi connectivity index (χ2n) is 6.02. The van der Waals surface area contributed by atoms with E-state index in [1.807, 2.05) is 0 Å². The van der Waals surface area contributed by atoms with Crippen LogP contribution in [0.4, 0.5) is 5.69 Å². The van der Waals surface area contributed by atoms with Crippen LogP contribution in [0.15, 0.2) is 42.5 Å². The van der Waals surface area contributed by atoms with Crippen LogP contribution < -0.4 is 10.2 Å². The van der Waals surface area contributed by atoms with Crippen LogP contribution in [0.5, 0.6) is 0 Å². The quantitative estimate of drug-likeness (QED) is 0.895. The lowest BCUT2D eigenvalue weighted by atomic mass is 10.00. The smallest absolute Gasteiger partial charge is 0.0515 e. The zero-order valence-electron chi connectivity index (χ0n) is 13.2. The molecule has 2 aromatic carbocycles. The predicted molar refractivity (Wildman–Crippen MR) is 89.8 cm³/mol. The first kappa shape index (κ1) is 14.2. The number of fused-ring (bicyclic) bond motifs is 1. The predicted octanol–water partition coefficient (Wildman–Crippen LogP) is 3.97. The SMILES string of the molecule is Cc1ccc(C(C)N2CCNCc3ccccc32)cc1C. The fraction of sp³-hybridized carbons (Fsp3) is 0.368. The van der Waals surface area contributed by atoms with E-state index in [1.165, 1.54) is 27.9 Å². The van der Waals surface area contributed by atoms with E-state index in [0.717, 1.165) is 19.6 Å². The average molecular weight is 280 g/mol. The molecule has 1 heterocycles. The molecule has 2 aromatic rings. The lowest BCUT2D eigenvalue weighted by Crippen LogP contribution is -2.31. The fourth-order valence-electron chi connectivity index (χ4n) is 3.09. The number of para-hydroxylation sites is 1. The van der Waals surface area contributed by atoms with E-state index in [2.05, 4.69) is 73.5 Å². The summed E-state index contributed by atoms with van der Waals surface area (Å²) in [5.41, 5.74) is 6.90. The molecule has 0 radical (unpaired) electrons. The molecule has 1 N–H and O–H groups in total. The van der Waals surface area contributed by atoms with Gasteiger partial charge in [-0.1, -0.05) is 36.4 Å². The van der Waals surface area contributed by atoms with Gasteiger partial charge < -0.3 is 10.2 Å². The lowest BCUT2D eigenvalue weighted by Gasteiger charge is -2.32. The zero-order chi connectivity index (χ0) is 14.8. The van der Waals surface area contributed by atoms with E-state index in [0.29, 0.717) is 6.04 Å². The van der Waals surface area contributed by atoms with E-state index >= 15 is 0 Å². The Hall–Kier alpha value is -1.80. The maximum atomic E-state index is 3.52. The molecular formula is C19H24N2. The number of hydrogen-bond acceptors (Lipinski definition) is 2. The molecule has 0 spiro atoms. The van der Waals surface area contributed by atoms with E-state index in [1.54, 1.807) is 0 Å². The molecule has 0 bridgehead atoms. The molecule has 0 fully saturated rings. The molecule has 1 aliphatic heterocycles. The lowest BCUT2D eigenvalue weighted by molar-refractivity contribution is 0.638. The van der Waals surface area contributed by atoms with Gasteiger partial charge in [-0.2, -0.15) is 0 Å². The van der Waals surface area contributed by atoms with Gasteiger partial charge in [-0.15, -0.1) is 0 Å². The van der Waals surface area contributed by atoms with Crippen molar-refractivity contribution in [3.63, 3.8) is 0 Å². The summed E-state index contributed by atoms with van der Waals surface area (Å²) in [6.45, 7) is 9.73. The van der Waals surface area contributed by atoms with Crippen molar-refractivity contribution >= 4 is 5.69 Å². The zero-order valence-corrected chi connectivity index (χ0v) is 13.2. The first-order valence-corrected chi connectivity index (χ1v) is 7.79. The second-order valence-corrected chi connectivity index (χ2v) is 6.02. The van der Waals surface area contributed by atoms with Crippen molar-refractivity contribution < 1.29 is 0 Å². The molecule has 0 amide bonds. The number of nitrogens with one attached hydrogen (secondary N) is 1. The first-order valence-electron chi connectivity index (χ1n) is 7.79. The molecule has 21 heavy (non-hydrogen) atoms. The molecule has 2 nitrogen and oxygen atoms in total. The summed E-state index contributed by atoms with van der Waals surface area (Å²) in [6.07, 6.45) is 0. The molecule has 0 aliphatic carbocycles. The highest BCUT2D eigenvalue weighted by Crippen LogP contribution is 2.31. The van der Waals surface area contributed by atoms with Gasteiger partial charge in [-0.3, -0.25) is 0 Å². The van der Waals surface area contributed by atoms with Gasteiger partial charge in [0.25, 0.3) is 0 Å². The summed E-state index contributed by atoms with van der Waals surface area (Å²) in [5, 5.41) is 3.52. The number of hydrogen-bond donors (Lipinski definition) is 1. The van der Waals surface area contributed by atoms with Crippen molar-refractivity contribution in [2.45, 2.75) is 33.4 Å². The van der Waals surface area contributed by atoms with E-state index < -0.39 is 0 Å². The third-order valence-corrected chi connectivity index (χ3v) is 4.63. The normalized spacial score (nSPS) is 16.2. The van der Waals surface area contributed by atoms with Gasteiger partial charge in [-0.25, -0.2) is 0 Å². The van der Waals surface area contributed by atoms with Gasteiger partial charge in [0.05, 0.1) is 6.04 Å². The largest absolute Gasteiger partial charge is 0.363 e. The van der Waals surface area contributed by atoms with Gasteiger partial charge in [0.2, 0.25) is 0 Å². The fourth-order valence-corrected chi connectivity index (χ4v) is 3.09. The van der Waals surface area contributed by atoms with Gasteiger partial charge in [0.1, 0.15) is 0 Å². The number of aryl methyl sites for hydroxylation is 2. The molecule has 0 saturated carbocycles. The van der Waals surface area contributed by atoms with E-state index in [4.69, 9.17) is 0 Å². The van der Waals surface area contributed by atoms with E-state index in [-0.39, 0.29) is 0 Å². The molecule has 3 rings (SSSR count). The summed E-state index contributed by atoms with van der Waals surface area (Å²) < 4.78 is 0. The number of anilines is 1. The molecule has 0 saturated heterocycles. The molecule has 0 aromatic heterocycles. The topological polar surface area (TPSA) is 15.3 Å². The highest BCUT2D eigenvalue weighted by Gasteiger charge is 2.20. The summed E-state index contributed by atoms with van der Waals surface area (Å²) in [6, 6.07) is 16.0. The molecule has 110 valence electrons. The Labute approximate surface area is 127 Å². The highest BCUT2D eigenvalue weighted by atomic mass is 15.2. The Morgan fingerprint density at radius 1 is 1.05 bits per heavy atom. The van der Waals surface area contributed by atoms with Crippen LogP contribution in [0.2, 0.25) is 0 Å². The summed E-state index contributed by atoms with van der Waals surface area (Å²) in [4.78, 5) is 2.53. The van der Waals surface area contributed by atoms with Gasteiger partial charge >= 0.3 is 0 Å². The summed E-state index contributed by atoms with van der Waals surface area (Å²) in [5.74, 6) is 0. The maximum absolute atomic E-state index is 3.52. The summed E-state index contributed by atoms with van der Waals surface area (Å²) in [7, 11) is 0. The van der Waals surface area contributed by atoms with Gasteiger partial charge in [0.15, 0.2) is 0 Å². The van der Waals surface area contributed by atoms with Crippen molar-refractivity contribution in [1.29, 1.82) is 0 Å². The van der Waals surface area contributed by atoms with E-state index in [9.17, 15) is 0 Å². The minimum absolute atomic E-state index is 0.394. The number of benzene rings is 2. The van der Waals surface area contributed by atoms with Crippen molar-refractivity contribution in [2.75, 3.05) is 18.0 Å². The Bertz CT molecular complexity index is 633. The Morgan fingerprint density at radius 2 is 1.86 bits per heavy atom. The minimum Gasteiger partial charge on any atom is -0.363 e. The second kappa shape index (κ2) is 5.90. The van der Waals surface area contributed by atoms with Gasteiger partial charge in [0, 0.05) is 25.3 Å². The molecule has 1 atom stereocenters. The van der Waals surface area contributed by atoms with Crippen molar-refractivity contribution in [3.05, 3.63) is 64.7 Å². The molecular weight excluding hydrogens is 256 g/mol. The maximum Gasteiger partial charge on any atom is 0.0515 e. The first-order chi connectivity index (χ1) is 10.2. The molecule has 2 heteroatoms. The Morgan fingerprint density at radius 3 is 2.67 bits per heavy atom. The summed E-state index contributed by atoms with van der Waals surface area (Å²) >= 11 is 0. The molecule has 1 unspecified atom stereocenters. The third kappa shape index (κ3) is 2.81. The van der Waals surface area contributed by atoms with Crippen LogP contribution in [0, 0.1) is 13.8 Å². The number of rotatable bonds is 2. The number of nitrogens with zero attached hydrogens (tertiary/aromatic N) is 1. The van der Waals surface area contributed by atoms with Crippen LogP contribution in [-0.4, -0.2) is 13.1 Å². The van der Waals surface area contributed by atoms with Crippen LogP contribution in [-0.2, 0) is 6.54 Å². The standard InChI is InChI=1S/C19H24N2/c1-14-8-9-17(12-15(14)2)16(3)21-11-10-20-13-18-6-4-5-7-19(18)21/h4-9,12,16,20H,10-11,13H2,1-3H3. The van der Waals surface area contributed by atoms with Crippen LogP contribution in [0.1, 0.15) is 35.2 Å². The van der Waals surface area contributed by atoms with Gasteiger partial charge in [-0.05, 0) is 49.1 Å². The van der Waals surface area contributed by atoms with Crippen molar-refractivity contribution in [2.24, 2.45) is 0 Å². The highest BCUT2D eigenvalue weighted by molar-refractivity contribution is 5.56. The van der Waals surface area contributed by atoms with Crippen molar-refractivity contribution in [1.82, 2.24) is 5.32 Å². The van der Waals surface area contributed by atoms with Crippen LogP contribution >= 0.6 is 0 Å². The van der Waals surface area contributed by atoms with Crippen molar-refractivity contribution in [3.8, 4) is 0 Å². The van der Waals surface area contributed by atoms with Crippen LogP contribution in [0.3, 0.4) is 0 Å². The third-order valence-electron chi connectivity index (χ3n) is 4.63. The minimum atomic E-state index is 0.394.